The first kappa shape index (κ1) is 20.4. The number of H-pyrrole nitrogens is 1. The van der Waals surface area contributed by atoms with E-state index in [0.717, 1.165) is 33.3 Å². The summed E-state index contributed by atoms with van der Waals surface area (Å²) < 4.78 is 0. The third kappa shape index (κ3) is 4.51. The molecule has 31 heavy (non-hydrogen) atoms. The van der Waals surface area contributed by atoms with Crippen molar-refractivity contribution in [3.63, 3.8) is 0 Å². The smallest absolute Gasteiger partial charge is 0.255 e. The normalized spacial score (nSPS) is 10.8. The molecule has 0 saturated carbocycles. The number of amides is 2. The van der Waals surface area contributed by atoms with Gasteiger partial charge in [0, 0.05) is 40.0 Å². The molecule has 3 N–H and O–H groups in total. The first-order valence-corrected chi connectivity index (χ1v) is 10.2. The largest absolute Gasteiger partial charge is 0.358 e. The minimum atomic E-state index is -0.161. The van der Waals surface area contributed by atoms with E-state index in [9.17, 15) is 9.59 Å². The molecular weight excluding hydrogens is 386 g/mol. The maximum atomic E-state index is 12.7. The number of hydrogen-bond donors (Lipinski definition) is 3. The lowest BCUT2D eigenvalue weighted by atomic mass is 10.1. The van der Waals surface area contributed by atoms with Gasteiger partial charge >= 0.3 is 0 Å². The molecule has 0 aliphatic rings. The maximum absolute atomic E-state index is 12.7. The Morgan fingerprint density at radius 1 is 0.839 bits per heavy atom. The quantitative estimate of drug-likeness (QED) is 0.418. The van der Waals surface area contributed by atoms with E-state index in [2.05, 4.69) is 15.6 Å². The van der Waals surface area contributed by atoms with Crippen LogP contribution in [-0.2, 0) is 6.54 Å². The highest BCUT2D eigenvalue weighted by Gasteiger charge is 2.11. The fourth-order valence-corrected chi connectivity index (χ4v) is 3.55. The molecule has 0 radical (unpaired) electrons. The van der Waals surface area contributed by atoms with Crippen LogP contribution in [0.2, 0.25) is 0 Å². The SMILES string of the molecule is Cc1ccc(C(=O)Nc2cccc(CNC(=O)c3ccc4[nH]c(C)c(C)c4c3)c2)cc1. The Hall–Kier alpha value is -3.86. The van der Waals surface area contributed by atoms with Gasteiger partial charge in [-0.2, -0.15) is 0 Å². The molecule has 1 aromatic heterocycles. The van der Waals surface area contributed by atoms with Crippen LogP contribution in [0.15, 0.2) is 66.7 Å². The topological polar surface area (TPSA) is 74.0 Å². The second-order valence-electron chi connectivity index (χ2n) is 7.84. The molecule has 0 atom stereocenters. The van der Waals surface area contributed by atoms with E-state index in [1.807, 2.05) is 75.4 Å². The van der Waals surface area contributed by atoms with Crippen LogP contribution in [0.1, 0.15) is 43.1 Å². The standard InChI is InChI=1S/C26H25N3O2/c1-16-7-9-20(10-8-16)26(31)29-22-6-4-5-19(13-22)15-27-25(30)21-11-12-24-23(14-21)17(2)18(3)28-24/h4-14,28H,15H2,1-3H3,(H,27,30)(H,29,31). The van der Waals surface area contributed by atoms with Gasteiger partial charge in [0.2, 0.25) is 0 Å². The number of fused-ring (bicyclic) bond motifs is 1. The van der Waals surface area contributed by atoms with Gasteiger partial charge in [-0.25, -0.2) is 0 Å². The van der Waals surface area contributed by atoms with E-state index < -0.39 is 0 Å². The Morgan fingerprint density at radius 2 is 1.58 bits per heavy atom. The number of anilines is 1. The third-order valence-electron chi connectivity index (χ3n) is 5.52. The highest BCUT2D eigenvalue weighted by atomic mass is 16.2. The molecule has 0 unspecified atom stereocenters. The van der Waals surface area contributed by atoms with Gasteiger partial charge < -0.3 is 15.6 Å². The summed E-state index contributed by atoms with van der Waals surface area (Å²) in [6.45, 7) is 6.43. The van der Waals surface area contributed by atoms with Crippen LogP contribution in [0.4, 0.5) is 5.69 Å². The lowest BCUT2D eigenvalue weighted by Gasteiger charge is -2.09. The minimum absolute atomic E-state index is 0.130. The first-order chi connectivity index (χ1) is 14.9. The van der Waals surface area contributed by atoms with Crippen molar-refractivity contribution in [3.05, 3.63) is 100 Å². The van der Waals surface area contributed by atoms with Gasteiger partial charge in [-0.1, -0.05) is 29.8 Å². The summed E-state index contributed by atoms with van der Waals surface area (Å²) in [4.78, 5) is 28.4. The predicted octanol–water partition coefficient (Wildman–Crippen LogP) is 5.28. The zero-order valence-electron chi connectivity index (χ0n) is 17.9. The van der Waals surface area contributed by atoms with E-state index in [4.69, 9.17) is 0 Å². The molecule has 5 heteroatoms. The average Bonchev–Trinajstić information content (AvgIpc) is 3.06. The Balaban J connectivity index is 1.42. The number of aromatic nitrogens is 1. The van der Waals surface area contributed by atoms with E-state index >= 15 is 0 Å². The Bertz CT molecular complexity index is 1270. The summed E-state index contributed by atoms with van der Waals surface area (Å²) in [5.74, 6) is -0.291. The minimum Gasteiger partial charge on any atom is -0.358 e. The van der Waals surface area contributed by atoms with Crippen LogP contribution < -0.4 is 10.6 Å². The van der Waals surface area contributed by atoms with Crippen molar-refractivity contribution in [2.24, 2.45) is 0 Å². The lowest BCUT2D eigenvalue weighted by Crippen LogP contribution is -2.22. The zero-order valence-corrected chi connectivity index (χ0v) is 17.9. The van der Waals surface area contributed by atoms with Crippen LogP contribution in [-0.4, -0.2) is 16.8 Å². The molecule has 3 aromatic carbocycles. The number of carbonyl (C=O) groups is 2. The van der Waals surface area contributed by atoms with Crippen LogP contribution in [0.5, 0.6) is 0 Å². The number of carbonyl (C=O) groups excluding carboxylic acids is 2. The summed E-state index contributed by atoms with van der Waals surface area (Å²) >= 11 is 0. The number of hydrogen-bond acceptors (Lipinski definition) is 2. The monoisotopic (exact) mass is 411 g/mol. The van der Waals surface area contributed by atoms with Crippen LogP contribution in [0.25, 0.3) is 10.9 Å². The molecule has 0 aliphatic heterocycles. The lowest BCUT2D eigenvalue weighted by molar-refractivity contribution is 0.0950. The summed E-state index contributed by atoms with van der Waals surface area (Å²) in [6.07, 6.45) is 0. The fourth-order valence-electron chi connectivity index (χ4n) is 3.55. The molecule has 0 aliphatic carbocycles. The molecule has 0 saturated heterocycles. The number of aryl methyl sites for hydroxylation is 3. The van der Waals surface area contributed by atoms with Gasteiger partial charge in [0.25, 0.3) is 11.8 Å². The average molecular weight is 412 g/mol. The molecule has 2 amide bonds. The van der Waals surface area contributed by atoms with Crippen molar-refractivity contribution < 1.29 is 9.59 Å². The van der Waals surface area contributed by atoms with E-state index in [1.165, 1.54) is 0 Å². The van der Waals surface area contributed by atoms with Crippen molar-refractivity contribution >= 4 is 28.4 Å². The van der Waals surface area contributed by atoms with Gasteiger partial charge in [0.1, 0.15) is 0 Å². The molecular formula is C26H25N3O2. The highest BCUT2D eigenvalue weighted by Crippen LogP contribution is 2.22. The number of aromatic amines is 1. The number of benzene rings is 3. The summed E-state index contributed by atoms with van der Waals surface area (Å²) in [5, 5.41) is 6.93. The second kappa shape index (κ2) is 8.48. The molecule has 5 nitrogen and oxygen atoms in total. The summed E-state index contributed by atoms with van der Waals surface area (Å²) in [7, 11) is 0. The molecule has 0 bridgehead atoms. The van der Waals surface area contributed by atoms with Crippen LogP contribution in [0.3, 0.4) is 0 Å². The second-order valence-corrected chi connectivity index (χ2v) is 7.84. The van der Waals surface area contributed by atoms with Crippen molar-refractivity contribution in [1.82, 2.24) is 10.3 Å². The Labute approximate surface area is 181 Å². The molecule has 0 fully saturated rings. The molecule has 4 rings (SSSR count). The van der Waals surface area contributed by atoms with Gasteiger partial charge in [-0.05, 0) is 74.4 Å². The highest BCUT2D eigenvalue weighted by molar-refractivity contribution is 6.04. The number of nitrogens with one attached hydrogen (secondary N) is 3. The zero-order chi connectivity index (χ0) is 22.0. The van der Waals surface area contributed by atoms with Crippen LogP contribution in [0, 0.1) is 20.8 Å². The Morgan fingerprint density at radius 3 is 2.35 bits per heavy atom. The van der Waals surface area contributed by atoms with Gasteiger partial charge in [-0.15, -0.1) is 0 Å². The fraction of sp³-hybridized carbons (Fsp3) is 0.154. The van der Waals surface area contributed by atoms with Crippen molar-refractivity contribution in [2.75, 3.05) is 5.32 Å². The maximum Gasteiger partial charge on any atom is 0.255 e. The van der Waals surface area contributed by atoms with Crippen molar-refractivity contribution in [1.29, 1.82) is 0 Å². The predicted molar refractivity (Wildman–Crippen MR) is 125 cm³/mol. The first-order valence-electron chi connectivity index (χ1n) is 10.2. The van der Waals surface area contributed by atoms with Crippen LogP contribution >= 0.6 is 0 Å². The molecule has 4 aromatic rings. The van der Waals surface area contributed by atoms with Gasteiger partial charge in [-0.3, -0.25) is 9.59 Å². The number of rotatable bonds is 5. The third-order valence-corrected chi connectivity index (χ3v) is 5.52. The van der Waals surface area contributed by atoms with Crippen molar-refractivity contribution in [2.45, 2.75) is 27.3 Å². The van der Waals surface area contributed by atoms with E-state index in [0.29, 0.717) is 23.4 Å². The van der Waals surface area contributed by atoms with E-state index in [1.54, 1.807) is 12.1 Å². The van der Waals surface area contributed by atoms with Gasteiger partial charge in [0.05, 0.1) is 0 Å². The van der Waals surface area contributed by atoms with E-state index in [-0.39, 0.29) is 11.8 Å². The van der Waals surface area contributed by atoms with Crippen molar-refractivity contribution in [3.8, 4) is 0 Å². The Kier molecular flexibility index (Phi) is 5.58. The summed E-state index contributed by atoms with van der Waals surface area (Å²) in [6, 6.07) is 20.6. The van der Waals surface area contributed by atoms with Gasteiger partial charge in [0.15, 0.2) is 0 Å². The molecule has 1 heterocycles. The summed E-state index contributed by atoms with van der Waals surface area (Å²) in [5.41, 5.74) is 7.23. The molecule has 156 valence electrons. The molecule has 0 spiro atoms.